The van der Waals surface area contributed by atoms with Crippen molar-refractivity contribution in [2.75, 3.05) is 4.90 Å². The fourth-order valence-corrected chi connectivity index (χ4v) is 3.33. The van der Waals surface area contributed by atoms with Gasteiger partial charge in [0.05, 0.1) is 17.6 Å². The molecule has 0 saturated heterocycles. The highest BCUT2D eigenvalue weighted by molar-refractivity contribution is 5.96. The Morgan fingerprint density at radius 2 is 1.72 bits per heavy atom. The second-order valence-electron chi connectivity index (χ2n) is 6.58. The second kappa shape index (κ2) is 7.63. The summed E-state index contributed by atoms with van der Waals surface area (Å²) in [6.45, 7) is 4.65. The van der Waals surface area contributed by atoms with Crippen molar-refractivity contribution < 1.29 is 9.90 Å². The molecular formula is C22H21N5O2. The van der Waals surface area contributed by atoms with Gasteiger partial charge in [0.2, 0.25) is 0 Å². The number of hydrogen-bond acceptors (Lipinski definition) is 3. The van der Waals surface area contributed by atoms with Gasteiger partial charge in [0, 0.05) is 23.9 Å². The van der Waals surface area contributed by atoms with Crippen LogP contribution in [0.1, 0.15) is 12.5 Å². The lowest BCUT2D eigenvalue weighted by Crippen LogP contribution is -2.26. The van der Waals surface area contributed by atoms with Gasteiger partial charge >= 0.3 is 6.09 Å². The zero-order valence-corrected chi connectivity index (χ0v) is 16.2. The van der Waals surface area contributed by atoms with Crippen LogP contribution in [0.2, 0.25) is 0 Å². The third-order valence-corrected chi connectivity index (χ3v) is 4.74. The first-order valence-corrected chi connectivity index (χ1v) is 9.36. The van der Waals surface area contributed by atoms with E-state index in [9.17, 15) is 9.90 Å². The van der Waals surface area contributed by atoms with Crippen molar-refractivity contribution >= 4 is 17.6 Å². The Kier molecular flexibility index (Phi) is 4.87. The van der Waals surface area contributed by atoms with E-state index in [1.165, 1.54) is 4.90 Å². The molecule has 1 N–H and O–H groups in total. The first-order valence-electron chi connectivity index (χ1n) is 9.36. The van der Waals surface area contributed by atoms with E-state index in [1.807, 2.05) is 73.3 Å². The van der Waals surface area contributed by atoms with Crippen LogP contribution < -0.4 is 4.90 Å². The highest BCUT2D eigenvalue weighted by atomic mass is 16.4. The number of carbonyl (C=O) groups is 1. The molecule has 2 aromatic heterocycles. The minimum absolute atomic E-state index is 0.481. The number of rotatable bonds is 5. The van der Waals surface area contributed by atoms with Crippen molar-refractivity contribution in [3.63, 3.8) is 0 Å². The maximum atomic E-state index is 12.3. The summed E-state index contributed by atoms with van der Waals surface area (Å²) in [5.41, 5.74) is 3.64. The van der Waals surface area contributed by atoms with Crippen LogP contribution in [0, 0.1) is 6.92 Å². The molecule has 4 rings (SSSR count). The fraction of sp³-hybridized carbons (Fsp3) is 0.136. The van der Waals surface area contributed by atoms with Crippen molar-refractivity contribution in [2.24, 2.45) is 0 Å². The quantitative estimate of drug-likeness (QED) is 0.529. The van der Waals surface area contributed by atoms with E-state index < -0.39 is 6.09 Å². The second-order valence-corrected chi connectivity index (χ2v) is 6.58. The molecule has 146 valence electrons. The molecule has 0 aliphatic carbocycles. The SMILES string of the molecule is CCn1cc(-c2nn(-c3ccccc3)c(N(C(=O)O)c3ccccc3)c2C)cn1. The van der Waals surface area contributed by atoms with Crippen molar-refractivity contribution in [1.29, 1.82) is 0 Å². The van der Waals surface area contributed by atoms with Crippen molar-refractivity contribution in [1.82, 2.24) is 19.6 Å². The number of benzene rings is 2. The first kappa shape index (κ1) is 18.5. The molecule has 1 amide bonds. The molecular weight excluding hydrogens is 366 g/mol. The summed E-state index contributed by atoms with van der Waals surface area (Å²) in [6.07, 6.45) is 2.60. The molecule has 0 bridgehead atoms. The van der Waals surface area contributed by atoms with Gasteiger partial charge in [-0.3, -0.25) is 4.68 Å². The molecule has 7 nitrogen and oxygen atoms in total. The normalized spacial score (nSPS) is 10.8. The number of aromatic nitrogens is 4. The van der Waals surface area contributed by atoms with E-state index in [-0.39, 0.29) is 0 Å². The van der Waals surface area contributed by atoms with E-state index in [1.54, 1.807) is 23.0 Å². The number of para-hydroxylation sites is 2. The monoisotopic (exact) mass is 387 g/mol. The van der Waals surface area contributed by atoms with Gasteiger partial charge < -0.3 is 5.11 Å². The molecule has 2 heterocycles. The lowest BCUT2D eigenvalue weighted by atomic mass is 10.1. The van der Waals surface area contributed by atoms with E-state index in [4.69, 9.17) is 5.10 Å². The number of carboxylic acid groups (broad SMARTS) is 1. The molecule has 0 unspecified atom stereocenters. The van der Waals surface area contributed by atoms with Crippen molar-refractivity contribution in [3.8, 4) is 16.9 Å². The zero-order valence-electron chi connectivity index (χ0n) is 16.2. The summed E-state index contributed by atoms with van der Waals surface area (Å²) >= 11 is 0. The van der Waals surface area contributed by atoms with Crippen LogP contribution in [0.4, 0.5) is 16.3 Å². The minimum Gasteiger partial charge on any atom is -0.464 e. The smallest absolute Gasteiger partial charge is 0.417 e. The number of nitrogens with zero attached hydrogens (tertiary/aromatic N) is 5. The molecule has 0 fully saturated rings. The summed E-state index contributed by atoms with van der Waals surface area (Å²) in [5, 5.41) is 19.2. The first-order chi connectivity index (χ1) is 14.1. The maximum Gasteiger partial charge on any atom is 0.417 e. The fourth-order valence-electron chi connectivity index (χ4n) is 3.33. The van der Waals surface area contributed by atoms with Crippen molar-refractivity contribution in [2.45, 2.75) is 20.4 Å². The number of hydrogen-bond donors (Lipinski definition) is 1. The van der Waals surface area contributed by atoms with Crippen LogP contribution in [0.3, 0.4) is 0 Å². The van der Waals surface area contributed by atoms with Crippen LogP contribution in [0.15, 0.2) is 73.1 Å². The highest BCUT2D eigenvalue weighted by Crippen LogP contribution is 2.36. The lowest BCUT2D eigenvalue weighted by Gasteiger charge is -2.21. The number of amides is 1. The van der Waals surface area contributed by atoms with Gasteiger partial charge in [0.15, 0.2) is 0 Å². The Morgan fingerprint density at radius 1 is 1.07 bits per heavy atom. The summed E-state index contributed by atoms with van der Waals surface area (Å²) in [6, 6.07) is 18.5. The molecule has 0 aliphatic heterocycles. The summed E-state index contributed by atoms with van der Waals surface area (Å²) in [4.78, 5) is 13.6. The minimum atomic E-state index is -1.08. The van der Waals surface area contributed by atoms with Gasteiger partial charge in [-0.15, -0.1) is 0 Å². The number of aryl methyl sites for hydroxylation is 1. The van der Waals surface area contributed by atoms with Crippen LogP contribution in [0.5, 0.6) is 0 Å². The van der Waals surface area contributed by atoms with E-state index >= 15 is 0 Å². The molecule has 29 heavy (non-hydrogen) atoms. The molecule has 0 radical (unpaired) electrons. The third-order valence-electron chi connectivity index (χ3n) is 4.74. The Hall–Kier alpha value is -3.87. The van der Waals surface area contributed by atoms with Gasteiger partial charge in [-0.1, -0.05) is 36.4 Å². The largest absolute Gasteiger partial charge is 0.464 e. The standard InChI is InChI=1S/C22H21N5O2/c1-3-25-15-17(14-23-25)20-16(2)21(27(24-20)19-12-8-5-9-13-19)26(22(28)29)18-10-6-4-7-11-18/h4-15H,3H2,1-2H3,(H,28,29). The Balaban J connectivity index is 1.97. The van der Waals surface area contributed by atoms with Crippen LogP contribution in [-0.4, -0.2) is 30.8 Å². The van der Waals surface area contributed by atoms with Gasteiger partial charge in [-0.05, 0) is 38.1 Å². The van der Waals surface area contributed by atoms with Crippen LogP contribution in [-0.2, 0) is 6.54 Å². The molecule has 0 spiro atoms. The van der Waals surface area contributed by atoms with Gasteiger partial charge in [0.1, 0.15) is 11.5 Å². The predicted octanol–water partition coefficient (Wildman–Crippen LogP) is 4.88. The summed E-state index contributed by atoms with van der Waals surface area (Å²) in [5.74, 6) is 0.481. The van der Waals surface area contributed by atoms with Gasteiger partial charge in [-0.2, -0.15) is 10.2 Å². The van der Waals surface area contributed by atoms with Crippen LogP contribution >= 0.6 is 0 Å². The van der Waals surface area contributed by atoms with Crippen molar-refractivity contribution in [3.05, 3.63) is 78.6 Å². The van der Waals surface area contributed by atoms with Gasteiger partial charge in [0.25, 0.3) is 0 Å². The van der Waals surface area contributed by atoms with E-state index in [0.29, 0.717) is 17.2 Å². The van der Waals surface area contributed by atoms with Crippen LogP contribution in [0.25, 0.3) is 16.9 Å². The topological polar surface area (TPSA) is 76.2 Å². The average Bonchev–Trinajstić information content (AvgIpc) is 3.35. The molecule has 0 atom stereocenters. The molecule has 0 saturated carbocycles. The Bertz CT molecular complexity index is 1130. The third kappa shape index (κ3) is 3.38. The highest BCUT2D eigenvalue weighted by Gasteiger charge is 2.27. The maximum absolute atomic E-state index is 12.3. The molecule has 0 aliphatic rings. The summed E-state index contributed by atoms with van der Waals surface area (Å²) < 4.78 is 3.50. The average molecular weight is 387 g/mol. The summed E-state index contributed by atoms with van der Waals surface area (Å²) in [7, 11) is 0. The molecule has 7 heteroatoms. The Morgan fingerprint density at radius 3 is 2.31 bits per heavy atom. The molecule has 2 aromatic carbocycles. The Labute approximate surface area is 168 Å². The zero-order chi connectivity index (χ0) is 20.4. The van der Waals surface area contributed by atoms with E-state index in [2.05, 4.69) is 5.10 Å². The van der Waals surface area contributed by atoms with E-state index in [0.717, 1.165) is 23.4 Å². The predicted molar refractivity (Wildman–Crippen MR) is 112 cm³/mol. The van der Waals surface area contributed by atoms with Gasteiger partial charge in [-0.25, -0.2) is 14.4 Å². The lowest BCUT2D eigenvalue weighted by molar-refractivity contribution is 0.204. The molecule has 4 aromatic rings. The number of anilines is 2.